The van der Waals surface area contributed by atoms with E-state index in [1.165, 1.54) is 0 Å². The monoisotopic (exact) mass is 227 g/mol. The van der Waals surface area contributed by atoms with Gasteiger partial charge in [-0.25, -0.2) is 4.79 Å². The molecule has 0 atom stereocenters. The van der Waals surface area contributed by atoms with Gasteiger partial charge in [0.2, 0.25) is 0 Å². The van der Waals surface area contributed by atoms with Crippen LogP contribution in [0.25, 0.3) is 0 Å². The molecule has 0 bridgehead atoms. The van der Waals surface area contributed by atoms with Crippen molar-refractivity contribution in [1.29, 1.82) is 0 Å². The molecule has 0 unspecified atom stereocenters. The number of phenolic OH excluding ortho intramolecular Hbond substituents is 1. The molecule has 0 saturated heterocycles. The number of nitro groups is 1. The first-order valence-electron chi connectivity index (χ1n) is 4.36. The van der Waals surface area contributed by atoms with Crippen LogP contribution in [-0.2, 0) is 4.74 Å². The molecule has 0 aliphatic heterocycles. The molecule has 86 valence electrons. The maximum absolute atomic E-state index is 10.9. The number of benzene rings is 1. The van der Waals surface area contributed by atoms with E-state index in [2.05, 4.69) is 9.47 Å². The number of nitro benzene ring substituents is 1. The Labute approximate surface area is 90.4 Å². The number of phenols is 1. The Morgan fingerprint density at radius 3 is 2.81 bits per heavy atom. The Hall–Kier alpha value is -2.31. The minimum Gasteiger partial charge on any atom is -0.504 e. The van der Waals surface area contributed by atoms with E-state index in [1.54, 1.807) is 6.92 Å². The Balaban J connectivity index is 2.90. The van der Waals surface area contributed by atoms with Gasteiger partial charge in [-0.1, -0.05) is 0 Å². The lowest BCUT2D eigenvalue weighted by Crippen LogP contribution is -2.10. The van der Waals surface area contributed by atoms with Crippen molar-refractivity contribution in [2.24, 2.45) is 0 Å². The van der Waals surface area contributed by atoms with Gasteiger partial charge in [0.05, 0.1) is 17.6 Å². The molecule has 0 amide bonds. The number of hydrogen-bond acceptors (Lipinski definition) is 6. The Kier molecular flexibility index (Phi) is 3.65. The van der Waals surface area contributed by atoms with Gasteiger partial charge in [-0.15, -0.1) is 0 Å². The van der Waals surface area contributed by atoms with Gasteiger partial charge in [0.15, 0.2) is 11.5 Å². The highest BCUT2D eigenvalue weighted by atomic mass is 16.7. The van der Waals surface area contributed by atoms with Crippen molar-refractivity contribution >= 4 is 11.8 Å². The summed E-state index contributed by atoms with van der Waals surface area (Å²) >= 11 is 0. The average Bonchev–Trinajstić information content (AvgIpc) is 2.21. The van der Waals surface area contributed by atoms with E-state index in [-0.39, 0.29) is 23.8 Å². The topological polar surface area (TPSA) is 98.9 Å². The van der Waals surface area contributed by atoms with Gasteiger partial charge in [0.25, 0.3) is 5.69 Å². The van der Waals surface area contributed by atoms with E-state index in [0.717, 1.165) is 18.2 Å². The van der Waals surface area contributed by atoms with Gasteiger partial charge >= 0.3 is 6.16 Å². The smallest absolute Gasteiger partial charge is 0.504 e. The fraction of sp³-hybridized carbons (Fsp3) is 0.222. The highest BCUT2D eigenvalue weighted by molar-refractivity contribution is 5.66. The summed E-state index contributed by atoms with van der Waals surface area (Å²) in [5.41, 5.74) is -0.294. The average molecular weight is 227 g/mol. The van der Waals surface area contributed by atoms with Crippen molar-refractivity contribution in [3.8, 4) is 11.5 Å². The minimum atomic E-state index is -1.03. The standard InChI is InChI=1S/C9H9NO6/c1-2-15-9(12)16-8-5-6(10(13)14)3-4-7(8)11/h3-5,11H,2H2,1H3. The van der Waals surface area contributed by atoms with Gasteiger partial charge in [0.1, 0.15) is 0 Å². The van der Waals surface area contributed by atoms with Gasteiger partial charge < -0.3 is 14.6 Å². The van der Waals surface area contributed by atoms with Crippen LogP contribution in [0.5, 0.6) is 11.5 Å². The van der Waals surface area contributed by atoms with Crippen LogP contribution in [0.4, 0.5) is 10.5 Å². The molecule has 0 aromatic heterocycles. The van der Waals surface area contributed by atoms with Crippen molar-refractivity contribution in [1.82, 2.24) is 0 Å². The van der Waals surface area contributed by atoms with Crippen LogP contribution in [0.3, 0.4) is 0 Å². The summed E-state index contributed by atoms with van der Waals surface area (Å²) in [5.74, 6) is -0.689. The Bertz CT molecular complexity index is 416. The van der Waals surface area contributed by atoms with E-state index in [1.807, 2.05) is 0 Å². The van der Waals surface area contributed by atoms with Crippen LogP contribution in [0.2, 0.25) is 0 Å². The van der Waals surface area contributed by atoms with Gasteiger partial charge in [-0.2, -0.15) is 0 Å². The normalized spacial score (nSPS) is 9.56. The Morgan fingerprint density at radius 1 is 1.56 bits per heavy atom. The third kappa shape index (κ3) is 2.84. The van der Waals surface area contributed by atoms with Crippen molar-refractivity contribution in [2.45, 2.75) is 6.92 Å². The molecule has 7 nitrogen and oxygen atoms in total. The molecule has 0 aliphatic carbocycles. The zero-order valence-corrected chi connectivity index (χ0v) is 8.37. The quantitative estimate of drug-likeness (QED) is 0.366. The summed E-state index contributed by atoms with van der Waals surface area (Å²) in [7, 11) is 0. The second kappa shape index (κ2) is 4.96. The number of aromatic hydroxyl groups is 1. The molecule has 7 heteroatoms. The first-order chi connectivity index (χ1) is 7.54. The number of non-ortho nitro benzene ring substituents is 1. The predicted molar refractivity (Wildman–Crippen MR) is 52.4 cm³/mol. The zero-order chi connectivity index (χ0) is 12.1. The number of carbonyl (C=O) groups excluding carboxylic acids is 1. The van der Waals surface area contributed by atoms with E-state index < -0.39 is 11.1 Å². The molecule has 1 rings (SSSR count). The highest BCUT2D eigenvalue weighted by Gasteiger charge is 2.14. The zero-order valence-electron chi connectivity index (χ0n) is 8.37. The molecule has 1 aromatic rings. The second-order valence-corrected chi connectivity index (χ2v) is 2.69. The molecule has 16 heavy (non-hydrogen) atoms. The summed E-state index contributed by atoms with van der Waals surface area (Å²) < 4.78 is 9.02. The number of hydrogen-bond donors (Lipinski definition) is 1. The van der Waals surface area contributed by atoms with E-state index in [9.17, 15) is 20.0 Å². The molecular formula is C9H9NO6. The fourth-order valence-corrected chi connectivity index (χ4v) is 0.935. The van der Waals surface area contributed by atoms with Gasteiger partial charge in [-0.3, -0.25) is 10.1 Å². The summed E-state index contributed by atoms with van der Waals surface area (Å²) in [6.07, 6.45) is -1.03. The maximum atomic E-state index is 10.9. The molecule has 0 saturated carbocycles. The summed E-state index contributed by atoms with van der Waals surface area (Å²) in [5, 5.41) is 19.7. The third-order valence-corrected chi connectivity index (χ3v) is 1.61. The number of ether oxygens (including phenoxy) is 2. The van der Waals surface area contributed by atoms with Crippen molar-refractivity contribution in [3.05, 3.63) is 28.3 Å². The lowest BCUT2D eigenvalue weighted by molar-refractivity contribution is -0.384. The molecule has 0 heterocycles. The van der Waals surface area contributed by atoms with E-state index in [4.69, 9.17) is 0 Å². The summed E-state index contributed by atoms with van der Waals surface area (Å²) in [6, 6.07) is 3.09. The van der Waals surface area contributed by atoms with Crippen LogP contribution in [-0.4, -0.2) is 22.8 Å². The second-order valence-electron chi connectivity index (χ2n) is 2.69. The first kappa shape index (κ1) is 11.8. The lowest BCUT2D eigenvalue weighted by Gasteiger charge is -2.05. The van der Waals surface area contributed by atoms with Crippen LogP contribution in [0.15, 0.2) is 18.2 Å². The lowest BCUT2D eigenvalue weighted by atomic mass is 10.3. The van der Waals surface area contributed by atoms with Crippen molar-refractivity contribution < 1.29 is 24.3 Å². The van der Waals surface area contributed by atoms with Gasteiger partial charge in [0, 0.05) is 6.07 Å². The maximum Gasteiger partial charge on any atom is 0.513 e. The fourth-order valence-electron chi connectivity index (χ4n) is 0.935. The van der Waals surface area contributed by atoms with E-state index >= 15 is 0 Å². The van der Waals surface area contributed by atoms with Crippen molar-refractivity contribution in [3.63, 3.8) is 0 Å². The highest BCUT2D eigenvalue weighted by Crippen LogP contribution is 2.30. The minimum absolute atomic E-state index is 0.106. The molecule has 1 aromatic carbocycles. The van der Waals surface area contributed by atoms with Crippen LogP contribution < -0.4 is 4.74 Å². The number of rotatable bonds is 3. The number of carbonyl (C=O) groups is 1. The third-order valence-electron chi connectivity index (χ3n) is 1.61. The largest absolute Gasteiger partial charge is 0.513 e. The SMILES string of the molecule is CCOC(=O)Oc1cc([N+](=O)[O-])ccc1O. The molecule has 0 spiro atoms. The van der Waals surface area contributed by atoms with Crippen LogP contribution in [0, 0.1) is 10.1 Å². The number of nitrogens with zero attached hydrogens (tertiary/aromatic N) is 1. The summed E-state index contributed by atoms with van der Waals surface area (Å²) in [6.45, 7) is 1.68. The van der Waals surface area contributed by atoms with Crippen LogP contribution in [0.1, 0.15) is 6.92 Å². The van der Waals surface area contributed by atoms with Crippen LogP contribution >= 0.6 is 0 Å². The molecule has 1 N–H and O–H groups in total. The first-order valence-corrected chi connectivity index (χ1v) is 4.36. The molecule has 0 radical (unpaired) electrons. The Morgan fingerprint density at radius 2 is 2.25 bits per heavy atom. The molecular weight excluding hydrogens is 218 g/mol. The van der Waals surface area contributed by atoms with E-state index in [0.29, 0.717) is 0 Å². The van der Waals surface area contributed by atoms with Crippen molar-refractivity contribution in [2.75, 3.05) is 6.61 Å². The predicted octanol–water partition coefficient (Wildman–Crippen LogP) is 1.84. The molecule has 0 fully saturated rings. The summed E-state index contributed by atoms with van der Waals surface area (Å²) in [4.78, 5) is 20.7. The van der Waals surface area contributed by atoms with Gasteiger partial charge in [-0.05, 0) is 13.0 Å². The molecule has 0 aliphatic rings.